The van der Waals surface area contributed by atoms with Gasteiger partial charge in [0, 0.05) is 42.2 Å². The van der Waals surface area contributed by atoms with Crippen LogP contribution in [0.2, 0.25) is 5.02 Å². The van der Waals surface area contributed by atoms with E-state index < -0.39 is 0 Å². The third kappa shape index (κ3) is 10.4. The highest BCUT2D eigenvalue weighted by Crippen LogP contribution is 2.33. The SMILES string of the molecule is COc1ccc(Nc2nc(NCCCCCNC(=O)CCCCC3SCC4NC(=O)NC43)nc(NC3CCCCCC3)n2)cc1Cl. The average Bonchev–Trinajstić information content (AvgIpc) is 3.47. The number of aromatic nitrogens is 3. The van der Waals surface area contributed by atoms with Gasteiger partial charge in [-0.1, -0.05) is 43.7 Å². The molecule has 5 rings (SSSR count). The van der Waals surface area contributed by atoms with Gasteiger partial charge in [0.1, 0.15) is 5.75 Å². The second-order valence-corrected chi connectivity index (χ2v) is 14.0. The molecule has 1 aliphatic carbocycles. The lowest BCUT2D eigenvalue weighted by Crippen LogP contribution is -2.36. The van der Waals surface area contributed by atoms with Gasteiger partial charge in [0.2, 0.25) is 23.8 Å². The summed E-state index contributed by atoms with van der Waals surface area (Å²) >= 11 is 8.25. The topological polar surface area (TPSA) is 154 Å². The van der Waals surface area contributed by atoms with Gasteiger partial charge in [-0.15, -0.1) is 0 Å². The zero-order valence-electron chi connectivity index (χ0n) is 26.7. The smallest absolute Gasteiger partial charge is 0.315 e. The van der Waals surface area contributed by atoms with E-state index in [9.17, 15) is 9.59 Å². The lowest BCUT2D eigenvalue weighted by molar-refractivity contribution is -0.121. The van der Waals surface area contributed by atoms with Crippen molar-refractivity contribution in [3.05, 3.63) is 23.2 Å². The molecule has 252 valence electrons. The van der Waals surface area contributed by atoms with Crippen molar-refractivity contribution in [3.8, 4) is 5.75 Å². The average molecular weight is 674 g/mol. The molecule has 0 bridgehead atoms. The molecule has 6 N–H and O–H groups in total. The number of anilines is 4. The molecular weight excluding hydrogens is 626 g/mol. The van der Waals surface area contributed by atoms with Crippen LogP contribution in [0, 0.1) is 0 Å². The van der Waals surface area contributed by atoms with E-state index in [1.54, 1.807) is 19.2 Å². The summed E-state index contributed by atoms with van der Waals surface area (Å²) in [6.45, 7) is 1.39. The maximum absolute atomic E-state index is 12.3. The fourth-order valence-electron chi connectivity index (χ4n) is 6.27. The summed E-state index contributed by atoms with van der Waals surface area (Å²) in [7, 11) is 1.59. The normalized spacial score (nSPS) is 21.1. The van der Waals surface area contributed by atoms with Crippen molar-refractivity contribution in [1.29, 1.82) is 0 Å². The first-order valence-electron chi connectivity index (χ1n) is 16.8. The third-order valence-corrected chi connectivity index (χ3v) is 10.6. The number of urea groups is 1. The quantitative estimate of drug-likeness (QED) is 0.0686. The zero-order chi connectivity index (χ0) is 32.1. The summed E-state index contributed by atoms with van der Waals surface area (Å²) in [6.07, 6.45) is 13.5. The van der Waals surface area contributed by atoms with Crippen LogP contribution in [0.1, 0.15) is 83.5 Å². The molecule has 3 fully saturated rings. The second kappa shape index (κ2) is 17.7. The van der Waals surface area contributed by atoms with Gasteiger partial charge < -0.3 is 36.6 Å². The van der Waals surface area contributed by atoms with Crippen LogP contribution in [0.15, 0.2) is 18.2 Å². The molecule has 1 aromatic carbocycles. The minimum absolute atomic E-state index is 0.0499. The number of halogens is 1. The first-order chi connectivity index (χ1) is 22.5. The molecule has 2 aromatic rings. The van der Waals surface area contributed by atoms with Gasteiger partial charge in [-0.05, 0) is 63.1 Å². The van der Waals surface area contributed by atoms with Gasteiger partial charge in [-0.2, -0.15) is 26.7 Å². The molecule has 3 unspecified atom stereocenters. The Labute approximate surface area is 281 Å². The van der Waals surface area contributed by atoms with E-state index in [2.05, 4.69) is 46.9 Å². The standard InChI is InChI=1S/C32H48ClN9O3S/c1-45-25-16-15-22(19-23(25)33)37-31-41-29(40-30(42-31)36-21-11-5-2-3-6-12-21)35-18-10-4-9-17-34-27(43)14-8-7-13-26-28-24(20-46-26)38-32(44)39-28/h15-16,19,21,24,26,28H,2-14,17-18,20H2,1H3,(H,34,43)(H2,38,39,44)(H3,35,36,37,40,41,42). The van der Waals surface area contributed by atoms with E-state index in [0.29, 0.717) is 59.4 Å². The number of ether oxygens (including phenoxy) is 1. The number of rotatable bonds is 17. The Bertz CT molecular complexity index is 1300. The van der Waals surface area contributed by atoms with Gasteiger partial charge in [0.15, 0.2) is 0 Å². The van der Waals surface area contributed by atoms with E-state index in [1.807, 2.05) is 17.8 Å². The Kier molecular flexibility index (Phi) is 13.1. The fraction of sp³-hybridized carbons (Fsp3) is 0.656. The molecule has 3 atom stereocenters. The summed E-state index contributed by atoms with van der Waals surface area (Å²) in [5, 5.41) is 20.2. The lowest BCUT2D eigenvalue weighted by Gasteiger charge is -2.17. The van der Waals surface area contributed by atoms with E-state index in [1.165, 1.54) is 25.7 Å². The van der Waals surface area contributed by atoms with Crippen LogP contribution in [-0.2, 0) is 4.79 Å². The van der Waals surface area contributed by atoms with E-state index in [-0.39, 0.29) is 24.0 Å². The fourth-order valence-corrected chi connectivity index (χ4v) is 8.07. The monoisotopic (exact) mass is 673 g/mol. The summed E-state index contributed by atoms with van der Waals surface area (Å²) in [6, 6.07) is 6.25. The van der Waals surface area contributed by atoms with Gasteiger partial charge in [-0.3, -0.25) is 4.79 Å². The predicted molar refractivity (Wildman–Crippen MR) is 186 cm³/mol. The number of fused-ring (bicyclic) bond motifs is 1. The third-order valence-electron chi connectivity index (χ3n) is 8.77. The van der Waals surface area contributed by atoms with E-state index >= 15 is 0 Å². The Morgan fingerprint density at radius 2 is 1.76 bits per heavy atom. The molecule has 46 heavy (non-hydrogen) atoms. The largest absolute Gasteiger partial charge is 0.495 e. The van der Waals surface area contributed by atoms with Gasteiger partial charge >= 0.3 is 6.03 Å². The highest BCUT2D eigenvalue weighted by atomic mass is 35.5. The zero-order valence-corrected chi connectivity index (χ0v) is 28.3. The van der Waals surface area contributed by atoms with Crippen LogP contribution in [0.3, 0.4) is 0 Å². The number of benzene rings is 1. The van der Waals surface area contributed by atoms with Crippen molar-refractivity contribution in [1.82, 2.24) is 30.9 Å². The number of thioether (sulfide) groups is 1. The molecule has 2 saturated heterocycles. The number of methoxy groups -OCH3 is 1. The minimum Gasteiger partial charge on any atom is -0.495 e. The van der Waals surface area contributed by atoms with Crippen molar-refractivity contribution in [2.24, 2.45) is 0 Å². The number of unbranched alkanes of at least 4 members (excludes halogenated alkanes) is 3. The minimum atomic E-state index is -0.0499. The molecule has 0 radical (unpaired) electrons. The van der Waals surface area contributed by atoms with Crippen molar-refractivity contribution < 1.29 is 14.3 Å². The molecule has 1 saturated carbocycles. The summed E-state index contributed by atoms with van der Waals surface area (Å²) in [5.74, 6) is 3.19. The molecular formula is C32H48ClN9O3S. The van der Waals surface area contributed by atoms with Crippen molar-refractivity contribution >= 4 is 58.8 Å². The Morgan fingerprint density at radius 1 is 0.978 bits per heavy atom. The van der Waals surface area contributed by atoms with Gasteiger partial charge in [0.05, 0.1) is 24.2 Å². The number of carbonyl (C=O) groups is 2. The van der Waals surface area contributed by atoms with Crippen LogP contribution in [-0.4, -0.2) is 76.2 Å². The molecule has 3 amide bonds. The summed E-state index contributed by atoms with van der Waals surface area (Å²) in [4.78, 5) is 37.8. The molecule has 2 aliphatic heterocycles. The molecule has 12 nitrogen and oxygen atoms in total. The Morgan fingerprint density at radius 3 is 2.57 bits per heavy atom. The second-order valence-electron chi connectivity index (χ2n) is 12.3. The first kappa shape index (κ1) is 34.2. The maximum atomic E-state index is 12.3. The van der Waals surface area contributed by atoms with E-state index in [4.69, 9.17) is 16.3 Å². The van der Waals surface area contributed by atoms with Crippen LogP contribution in [0.4, 0.5) is 28.3 Å². The van der Waals surface area contributed by atoms with Crippen molar-refractivity contribution in [2.45, 2.75) is 107 Å². The number of hydrogen-bond acceptors (Lipinski definition) is 10. The van der Waals surface area contributed by atoms with Crippen LogP contribution in [0.5, 0.6) is 5.75 Å². The first-order valence-corrected chi connectivity index (χ1v) is 18.2. The maximum Gasteiger partial charge on any atom is 0.315 e. The molecule has 3 heterocycles. The van der Waals surface area contributed by atoms with E-state index in [0.717, 1.165) is 62.8 Å². The number of nitrogens with one attached hydrogen (secondary N) is 6. The van der Waals surface area contributed by atoms with Crippen LogP contribution in [0.25, 0.3) is 0 Å². The molecule has 3 aliphatic rings. The highest BCUT2D eigenvalue weighted by Gasteiger charge is 2.42. The van der Waals surface area contributed by atoms with Crippen molar-refractivity contribution in [3.63, 3.8) is 0 Å². The molecule has 14 heteroatoms. The number of hydrogen-bond donors (Lipinski definition) is 6. The van der Waals surface area contributed by atoms with Gasteiger partial charge in [-0.25, -0.2) is 4.79 Å². The summed E-state index contributed by atoms with van der Waals surface area (Å²) in [5.41, 5.74) is 0.757. The Hall–Kier alpha value is -3.19. The van der Waals surface area contributed by atoms with Gasteiger partial charge in [0.25, 0.3) is 0 Å². The molecule has 0 spiro atoms. The Balaban J connectivity index is 1.01. The van der Waals surface area contributed by atoms with Crippen molar-refractivity contribution in [2.75, 3.05) is 41.9 Å². The number of carbonyl (C=O) groups excluding carboxylic acids is 2. The number of amides is 3. The van der Waals surface area contributed by atoms with Crippen LogP contribution < -0.4 is 36.6 Å². The number of nitrogens with zero attached hydrogens (tertiary/aromatic N) is 3. The van der Waals surface area contributed by atoms with Crippen LogP contribution >= 0.6 is 23.4 Å². The highest BCUT2D eigenvalue weighted by molar-refractivity contribution is 8.00. The lowest BCUT2D eigenvalue weighted by atomic mass is 10.0. The molecule has 1 aromatic heterocycles. The summed E-state index contributed by atoms with van der Waals surface area (Å²) < 4.78 is 5.27. The predicted octanol–water partition coefficient (Wildman–Crippen LogP) is 5.84.